The molecule has 3 aromatic rings. The number of aromatic nitrogens is 3. The van der Waals surface area contributed by atoms with Crippen LogP contribution in [0.4, 0.5) is 0 Å². The molecule has 0 amide bonds. The van der Waals surface area contributed by atoms with Crippen molar-refractivity contribution in [2.45, 2.75) is 20.0 Å². The predicted octanol–water partition coefficient (Wildman–Crippen LogP) is 1.98. The molecule has 2 N–H and O–H groups in total. The first-order valence-corrected chi connectivity index (χ1v) is 7.20. The van der Waals surface area contributed by atoms with E-state index < -0.39 is 0 Å². The minimum atomic E-state index is -0.0736. The first-order valence-electron chi connectivity index (χ1n) is 6.32. The monoisotopic (exact) mass is 286 g/mol. The van der Waals surface area contributed by atoms with E-state index in [1.165, 1.54) is 11.3 Å². The normalized spacial score (nSPS) is 11.1. The molecule has 0 aliphatic heterocycles. The van der Waals surface area contributed by atoms with Crippen molar-refractivity contribution in [3.8, 4) is 0 Å². The zero-order valence-electron chi connectivity index (χ0n) is 11.0. The number of aryl methyl sites for hydroxylation is 1. The number of fused-ring (bicyclic) bond motifs is 1. The number of hydrogen-bond donors (Lipinski definition) is 2. The topological polar surface area (TPSA) is 70.7 Å². The van der Waals surface area contributed by atoms with Crippen LogP contribution in [0, 0.1) is 6.92 Å². The van der Waals surface area contributed by atoms with Gasteiger partial charge in [0, 0.05) is 12.2 Å². The summed E-state index contributed by atoms with van der Waals surface area (Å²) in [4.78, 5) is 23.4. The third kappa shape index (κ3) is 2.76. The molecule has 3 rings (SSSR count). The molecule has 0 aromatic carbocycles. The SMILES string of the molecule is Cc1cccc(CNCc2nc3ccsc3c(=O)[nH]2)n1. The second-order valence-corrected chi connectivity index (χ2v) is 5.44. The average Bonchev–Trinajstić information content (AvgIpc) is 2.88. The maximum absolute atomic E-state index is 11.8. The van der Waals surface area contributed by atoms with Gasteiger partial charge in [-0.05, 0) is 30.5 Å². The maximum Gasteiger partial charge on any atom is 0.268 e. The van der Waals surface area contributed by atoms with Crippen molar-refractivity contribution in [1.29, 1.82) is 0 Å². The quantitative estimate of drug-likeness (QED) is 0.769. The van der Waals surface area contributed by atoms with Crippen LogP contribution >= 0.6 is 11.3 Å². The van der Waals surface area contributed by atoms with Gasteiger partial charge >= 0.3 is 0 Å². The van der Waals surface area contributed by atoms with Crippen LogP contribution in [0.5, 0.6) is 0 Å². The Morgan fingerprint density at radius 1 is 1.25 bits per heavy atom. The highest BCUT2D eigenvalue weighted by molar-refractivity contribution is 7.17. The summed E-state index contributed by atoms with van der Waals surface area (Å²) in [5.41, 5.74) is 2.65. The Morgan fingerprint density at radius 3 is 3.00 bits per heavy atom. The van der Waals surface area contributed by atoms with E-state index in [1.807, 2.05) is 36.6 Å². The van der Waals surface area contributed by atoms with Crippen LogP contribution in [0.25, 0.3) is 10.2 Å². The molecule has 0 saturated heterocycles. The van der Waals surface area contributed by atoms with Crippen LogP contribution < -0.4 is 10.9 Å². The number of aromatic amines is 1. The molecule has 0 aliphatic rings. The lowest BCUT2D eigenvalue weighted by molar-refractivity contribution is 0.651. The number of H-pyrrole nitrogens is 1. The molecule has 0 fully saturated rings. The van der Waals surface area contributed by atoms with Crippen molar-refractivity contribution in [3.63, 3.8) is 0 Å². The molecule has 0 spiro atoms. The fourth-order valence-electron chi connectivity index (χ4n) is 2.01. The van der Waals surface area contributed by atoms with Crippen LogP contribution in [0.2, 0.25) is 0 Å². The third-order valence-electron chi connectivity index (χ3n) is 2.91. The average molecular weight is 286 g/mol. The number of pyridine rings is 1. The lowest BCUT2D eigenvalue weighted by atomic mass is 10.3. The third-order valence-corrected chi connectivity index (χ3v) is 3.81. The Hall–Kier alpha value is -2.05. The Balaban J connectivity index is 1.69. The maximum atomic E-state index is 11.8. The Bertz CT molecular complexity index is 793. The van der Waals surface area contributed by atoms with E-state index in [1.54, 1.807) is 0 Å². The molecule has 3 aromatic heterocycles. The second kappa shape index (κ2) is 5.52. The molecule has 3 heterocycles. The zero-order valence-corrected chi connectivity index (χ0v) is 11.8. The summed E-state index contributed by atoms with van der Waals surface area (Å²) in [6.45, 7) is 3.12. The van der Waals surface area contributed by atoms with Crippen LogP contribution in [-0.4, -0.2) is 15.0 Å². The second-order valence-electron chi connectivity index (χ2n) is 4.52. The fourth-order valence-corrected chi connectivity index (χ4v) is 2.74. The number of nitrogens with one attached hydrogen (secondary N) is 2. The summed E-state index contributed by atoms with van der Waals surface area (Å²) in [6.07, 6.45) is 0. The van der Waals surface area contributed by atoms with Crippen LogP contribution in [0.15, 0.2) is 34.4 Å². The van der Waals surface area contributed by atoms with Gasteiger partial charge in [-0.25, -0.2) is 4.98 Å². The van der Waals surface area contributed by atoms with Gasteiger partial charge in [0.1, 0.15) is 10.5 Å². The van der Waals surface area contributed by atoms with Gasteiger partial charge in [0.15, 0.2) is 0 Å². The van der Waals surface area contributed by atoms with Gasteiger partial charge in [-0.1, -0.05) is 6.07 Å². The van der Waals surface area contributed by atoms with Crippen LogP contribution in [0.3, 0.4) is 0 Å². The zero-order chi connectivity index (χ0) is 13.9. The van der Waals surface area contributed by atoms with E-state index in [9.17, 15) is 4.79 Å². The van der Waals surface area contributed by atoms with Gasteiger partial charge < -0.3 is 10.3 Å². The van der Waals surface area contributed by atoms with E-state index in [2.05, 4.69) is 20.3 Å². The van der Waals surface area contributed by atoms with Crippen molar-refractivity contribution in [2.24, 2.45) is 0 Å². The molecule has 0 saturated carbocycles. The Kier molecular flexibility index (Phi) is 3.58. The first kappa shape index (κ1) is 13.0. The molecule has 0 radical (unpaired) electrons. The molecule has 0 unspecified atom stereocenters. The molecule has 5 nitrogen and oxygen atoms in total. The van der Waals surface area contributed by atoms with Crippen molar-refractivity contribution < 1.29 is 0 Å². The molecule has 0 atom stereocenters. The fraction of sp³-hybridized carbons (Fsp3) is 0.214. The molecule has 0 bridgehead atoms. The summed E-state index contributed by atoms with van der Waals surface area (Å²) in [7, 11) is 0. The first-order chi connectivity index (χ1) is 9.72. The predicted molar refractivity (Wildman–Crippen MR) is 79.8 cm³/mol. The summed E-state index contributed by atoms with van der Waals surface area (Å²) >= 11 is 1.41. The number of hydrogen-bond acceptors (Lipinski definition) is 5. The van der Waals surface area contributed by atoms with Gasteiger partial charge in [-0.15, -0.1) is 11.3 Å². The Morgan fingerprint density at radius 2 is 2.15 bits per heavy atom. The highest BCUT2D eigenvalue weighted by atomic mass is 32.1. The minimum Gasteiger partial charge on any atom is -0.308 e. The van der Waals surface area contributed by atoms with Gasteiger partial charge in [0.05, 0.1) is 17.8 Å². The van der Waals surface area contributed by atoms with Crippen molar-refractivity contribution >= 4 is 21.6 Å². The van der Waals surface area contributed by atoms with Gasteiger partial charge in [-0.2, -0.15) is 0 Å². The van der Waals surface area contributed by atoms with Gasteiger partial charge in [-0.3, -0.25) is 9.78 Å². The number of thiophene rings is 1. The lowest BCUT2D eigenvalue weighted by Crippen LogP contribution is -2.19. The standard InChI is InChI=1S/C14H14N4OS/c1-9-3-2-4-10(16-9)7-15-8-12-17-11-5-6-20-13(11)14(19)18-12/h2-6,15H,7-8H2,1H3,(H,17,18,19). The summed E-state index contributed by atoms with van der Waals surface area (Å²) < 4.78 is 0.675. The van der Waals surface area contributed by atoms with Crippen LogP contribution in [0.1, 0.15) is 17.2 Å². The summed E-state index contributed by atoms with van der Waals surface area (Å²) in [6, 6.07) is 7.78. The van der Waals surface area contributed by atoms with Crippen LogP contribution in [-0.2, 0) is 13.1 Å². The van der Waals surface area contributed by atoms with E-state index in [0.717, 1.165) is 16.9 Å². The molecule has 20 heavy (non-hydrogen) atoms. The Labute approximate surface area is 119 Å². The van der Waals surface area contributed by atoms with Crippen molar-refractivity contribution in [3.05, 3.63) is 57.2 Å². The van der Waals surface area contributed by atoms with E-state index in [-0.39, 0.29) is 5.56 Å². The van der Waals surface area contributed by atoms with E-state index >= 15 is 0 Å². The molecule has 102 valence electrons. The largest absolute Gasteiger partial charge is 0.308 e. The smallest absolute Gasteiger partial charge is 0.268 e. The van der Waals surface area contributed by atoms with E-state index in [4.69, 9.17) is 0 Å². The minimum absolute atomic E-state index is 0.0736. The van der Waals surface area contributed by atoms with E-state index in [0.29, 0.717) is 23.6 Å². The number of rotatable bonds is 4. The highest BCUT2D eigenvalue weighted by Crippen LogP contribution is 2.13. The molecule has 0 aliphatic carbocycles. The van der Waals surface area contributed by atoms with Gasteiger partial charge in [0.25, 0.3) is 5.56 Å². The van der Waals surface area contributed by atoms with Gasteiger partial charge in [0.2, 0.25) is 0 Å². The van der Waals surface area contributed by atoms with Crippen molar-refractivity contribution in [2.75, 3.05) is 0 Å². The summed E-state index contributed by atoms with van der Waals surface area (Å²) in [5.74, 6) is 0.647. The highest BCUT2D eigenvalue weighted by Gasteiger charge is 2.04. The number of nitrogens with zero attached hydrogens (tertiary/aromatic N) is 2. The van der Waals surface area contributed by atoms with Crippen molar-refractivity contribution in [1.82, 2.24) is 20.3 Å². The molecular formula is C14H14N4OS. The molecule has 6 heteroatoms. The lowest BCUT2D eigenvalue weighted by Gasteiger charge is -2.04. The molecular weight excluding hydrogens is 272 g/mol. The summed E-state index contributed by atoms with van der Waals surface area (Å²) in [5, 5.41) is 5.11.